The Balaban J connectivity index is 1.56. The lowest BCUT2D eigenvalue weighted by atomic mass is 9.92. The summed E-state index contributed by atoms with van der Waals surface area (Å²) in [6.07, 6.45) is 4.71. The van der Waals surface area contributed by atoms with Crippen molar-refractivity contribution in [1.29, 1.82) is 0 Å². The molecule has 0 bridgehead atoms. The van der Waals surface area contributed by atoms with Crippen LogP contribution < -0.4 is 10.5 Å². The van der Waals surface area contributed by atoms with E-state index in [1.165, 1.54) is 6.07 Å². The summed E-state index contributed by atoms with van der Waals surface area (Å²) in [5.74, 6) is -0.175. The minimum atomic E-state index is -0.239. The van der Waals surface area contributed by atoms with E-state index in [0.29, 0.717) is 39.1 Å². The molecule has 0 spiro atoms. The Morgan fingerprint density at radius 3 is 2.69 bits per heavy atom. The van der Waals surface area contributed by atoms with Gasteiger partial charge in [-0.05, 0) is 32.6 Å². The van der Waals surface area contributed by atoms with Gasteiger partial charge in [-0.2, -0.15) is 5.10 Å². The van der Waals surface area contributed by atoms with E-state index in [1.807, 2.05) is 11.8 Å². The average molecular weight is 362 g/mol. The molecule has 2 fully saturated rings. The van der Waals surface area contributed by atoms with Crippen LogP contribution in [0.5, 0.6) is 0 Å². The van der Waals surface area contributed by atoms with Gasteiger partial charge >= 0.3 is 5.97 Å². The van der Waals surface area contributed by atoms with Crippen molar-refractivity contribution in [3.8, 4) is 0 Å². The lowest BCUT2D eigenvalue weighted by molar-refractivity contribution is -0.151. The molecule has 1 atom stereocenters. The normalized spacial score (nSPS) is 21.5. The fraction of sp³-hybridized carbons (Fsp3) is 0.667. The SMILES string of the molecule is CCOC(=O)C1CCN(C(=O)C2CCCN(c3cn[nH]c(=O)c3)C2)CC1. The molecule has 3 rings (SSSR count). The van der Waals surface area contributed by atoms with Gasteiger partial charge in [0, 0.05) is 32.2 Å². The number of rotatable bonds is 4. The van der Waals surface area contributed by atoms with Gasteiger partial charge in [0.1, 0.15) is 0 Å². The van der Waals surface area contributed by atoms with Gasteiger partial charge in [-0.3, -0.25) is 14.4 Å². The third kappa shape index (κ3) is 4.23. The molecule has 0 radical (unpaired) electrons. The van der Waals surface area contributed by atoms with E-state index in [2.05, 4.69) is 15.1 Å². The zero-order chi connectivity index (χ0) is 18.5. The van der Waals surface area contributed by atoms with Crippen molar-refractivity contribution in [3.05, 3.63) is 22.6 Å². The van der Waals surface area contributed by atoms with Crippen LogP contribution in [0.2, 0.25) is 0 Å². The van der Waals surface area contributed by atoms with Gasteiger partial charge in [0.2, 0.25) is 5.91 Å². The van der Waals surface area contributed by atoms with Crippen LogP contribution in [-0.4, -0.2) is 59.8 Å². The molecule has 1 unspecified atom stereocenters. The van der Waals surface area contributed by atoms with Gasteiger partial charge in [0.25, 0.3) is 5.56 Å². The third-order valence-corrected chi connectivity index (χ3v) is 5.21. The molecule has 0 aliphatic carbocycles. The Labute approximate surface area is 152 Å². The number of hydrogen-bond donors (Lipinski definition) is 1. The van der Waals surface area contributed by atoms with Crippen LogP contribution in [0.4, 0.5) is 5.69 Å². The number of carbonyl (C=O) groups is 2. The van der Waals surface area contributed by atoms with Gasteiger partial charge in [0.15, 0.2) is 0 Å². The maximum atomic E-state index is 12.9. The fourth-order valence-corrected chi connectivity index (χ4v) is 3.81. The number of anilines is 1. The highest BCUT2D eigenvalue weighted by Crippen LogP contribution is 2.26. The molecule has 8 heteroatoms. The molecule has 1 aromatic rings. The summed E-state index contributed by atoms with van der Waals surface area (Å²) in [5.41, 5.74) is 0.518. The van der Waals surface area contributed by atoms with Crippen molar-refractivity contribution in [2.24, 2.45) is 11.8 Å². The summed E-state index contributed by atoms with van der Waals surface area (Å²) in [7, 11) is 0. The first-order chi connectivity index (χ1) is 12.6. The predicted molar refractivity (Wildman–Crippen MR) is 95.7 cm³/mol. The van der Waals surface area contributed by atoms with Gasteiger partial charge in [-0.1, -0.05) is 0 Å². The summed E-state index contributed by atoms with van der Waals surface area (Å²) >= 11 is 0. The topological polar surface area (TPSA) is 95.6 Å². The van der Waals surface area contributed by atoms with Crippen molar-refractivity contribution in [2.75, 3.05) is 37.7 Å². The van der Waals surface area contributed by atoms with Crippen LogP contribution in [0.15, 0.2) is 17.1 Å². The van der Waals surface area contributed by atoms with E-state index in [9.17, 15) is 14.4 Å². The molecule has 2 aliphatic heterocycles. The lowest BCUT2D eigenvalue weighted by Crippen LogP contribution is -2.48. The zero-order valence-electron chi connectivity index (χ0n) is 15.1. The van der Waals surface area contributed by atoms with Crippen LogP contribution in [0.25, 0.3) is 0 Å². The molecular weight excluding hydrogens is 336 g/mol. The zero-order valence-corrected chi connectivity index (χ0v) is 15.1. The van der Waals surface area contributed by atoms with Gasteiger partial charge in [0.05, 0.1) is 30.3 Å². The standard InChI is InChI=1S/C18H26N4O4/c1-2-26-18(25)13-5-8-21(9-6-13)17(24)14-4-3-7-22(12-14)15-10-16(23)20-19-11-15/h10-11,13-14H,2-9,12H2,1H3,(H,20,23). The van der Waals surface area contributed by atoms with E-state index in [4.69, 9.17) is 4.74 Å². The number of carbonyl (C=O) groups excluding carboxylic acids is 2. The van der Waals surface area contributed by atoms with Crippen LogP contribution in [0.3, 0.4) is 0 Å². The first-order valence-electron chi connectivity index (χ1n) is 9.33. The molecule has 1 N–H and O–H groups in total. The molecule has 0 saturated carbocycles. The third-order valence-electron chi connectivity index (χ3n) is 5.21. The molecule has 0 aromatic carbocycles. The number of H-pyrrole nitrogens is 1. The highest BCUT2D eigenvalue weighted by Gasteiger charge is 2.33. The maximum Gasteiger partial charge on any atom is 0.309 e. The Hall–Kier alpha value is -2.38. The van der Waals surface area contributed by atoms with E-state index in [0.717, 1.165) is 25.1 Å². The number of likely N-dealkylation sites (tertiary alicyclic amines) is 1. The van der Waals surface area contributed by atoms with Crippen molar-refractivity contribution < 1.29 is 14.3 Å². The molecule has 1 aromatic heterocycles. The average Bonchev–Trinajstić information content (AvgIpc) is 2.68. The predicted octanol–water partition coefficient (Wildman–Crippen LogP) is 0.788. The van der Waals surface area contributed by atoms with E-state index < -0.39 is 0 Å². The molecule has 1 amide bonds. The number of esters is 1. The maximum absolute atomic E-state index is 12.9. The highest BCUT2D eigenvalue weighted by molar-refractivity contribution is 5.80. The second-order valence-electron chi connectivity index (χ2n) is 6.94. The number of aromatic nitrogens is 2. The molecule has 2 saturated heterocycles. The van der Waals surface area contributed by atoms with Crippen molar-refractivity contribution in [1.82, 2.24) is 15.1 Å². The lowest BCUT2D eigenvalue weighted by Gasteiger charge is -2.38. The van der Waals surface area contributed by atoms with Crippen molar-refractivity contribution in [2.45, 2.75) is 32.6 Å². The van der Waals surface area contributed by atoms with E-state index >= 15 is 0 Å². The summed E-state index contributed by atoms with van der Waals surface area (Å²) in [6.45, 7) is 4.83. The Morgan fingerprint density at radius 1 is 1.23 bits per heavy atom. The smallest absolute Gasteiger partial charge is 0.309 e. The van der Waals surface area contributed by atoms with Crippen LogP contribution in [0.1, 0.15) is 32.6 Å². The molecule has 3 heterocycles. The Kier molecular flexibility index (Phi) is 5.90. The van der Waals surface area contributed by atoms with Crippen LogP contribution in [0, 0.1) is 11.8 Å². The Morgan fingerprint density at radius 2 is 2.00 bits per heavy atom. The van der Waals surface area contributed by atoms with E-state index in [1.54, 1.807) is 6.20 Å². The molecular formula is C18H26N4O4. The first kappa shape index (κ1) is 18.4. The second-order valence-corrected chi connectivity index (χ2v) is 6.94. The highest BCUT2D eigenvalue weighted by atomic mass is 16.5. The molecule has 26 heavy (non-hydrogen) atoms. The van der Waals surface area contributed by atoms with Gasteiger partial charge < -0.3 is 14.5 Å². The van der Waals surface area contributed by atoms with Crippen molar-refractivity contribution >= 4 is 17.6 Å². The van der Waals surface area contributed by atoms with Crippen LogP contribution in [-0.2, 0) is 14.3 Å². The first-order valence-corrected chi connectivity index (χ1v) is 9.33. The summed E-state index contributed by atoms with van der Waals surface area (Å²) < 4.78 is 5.08. The largest absolute Gasteiger partial charge is 0.466 e. The molecule has 2 aliphatic rings. The van der Waals surface area contributed by atoms with Crippen LogP contribution >= 0.6 is 0 Å². The molecule has 8 nitrogen and oxygen atoms in total. The number of amides is 1. The summed E-state index contributed by atoms with van der Waals surface area (Å²) in [6, 6.07) is 1.52. The summed E-state index contributed by atoms with van der Waals surface area (Å²) in [4.78, 5) is 40.1. The summed E-state index contributed by atoms with van der Waals surface area (Å²) in [5, 5.41) is 6.21. The monoisotopic (exact) mass is 362 g/mol. The van der Waals surface area contributed by atoms with Crippen molar-refractivity contribution in [3.63, 3.8) is 0 Å². The number of piperidine rings is 2. The fourth-order valence-electron chi connectivity index (χ4n) is 3.81. The number of nitrogens with one attached hydrogen (secondary N) is 1. The Bertz CT molecular complexity index is 696. The van der Waals surface area contributed by atoms with Gasteiger partial charge in [-0.25, -0.2) is 5.10 Å². The molecule has 142 valence electrons. The second kappa shape index (κ2) is 8.33. The number of hydrogen-bond acceptors (Lipinski definition) is 6. The van der Waals surface area contributed by atoms with Gasteiger partial charge in [-0.15, -0.1) is 0 Å². The number of ether oxygens (including phenoxy) is 1. The number of aromatic amines is 1. The minimum Gasteiger partial charge on any atom is -0.466 e. The van der Waals surface area contributed by atoms with E-state index in [-0.39, 0.29) is 29.3 Å². The number of nitrogens with zero attached hydrogens (tertiary/aromatic N) is 3. The minimum absolute atomic E-state index is 0.0813. The quantitative estimate of drug-likeness (QED) is 0.796.